The van der Waals surface area contributed by atoms with Gasteiger partial charge in [0.25, 0.3) is 0 Å². The molecule has 0 amide bonds. The molecule has 0 aromatic heterocycles. The molecule has 2 radical (unpaired) electrons. The molecule has 0 fully saturated rings. The van der Waals surface area contributed by atoms with Gasteiger partial charge in [0.2, 0.25) is 0 Å². The third-order valence-electron chi connectivity index (χ3n) is 3.19. The van der Waals surface area contributed by atoms with E-state index in [0.29, 0.717) is 37.9 Å². The van der Waals surface area contributed by atoms with E-state index in [1.54, 1.807) is 0 Å². The molecule has 1 aliphatic rings. The van der Waals surface area contributed by atoms with Crippen LogP contribution in [0.25, 0.3) is 0 Å². The van der Waals surface area contributed by atoms with E-state index in [1.165, 1.54) is 0 Å². The summed E-state index contributed by atoms with van der Waals surface area (Å²) in [6.07, 6.45) is 0.407. The van der Waals surface area contributed by atoms with Crippen molar-refractivity contribution < 1.29 is 24.1 Å². The van der Waals surface area contributed by atoms with Crippen molar-refractivity contribution in [2.24, 2.45) is 5.92 Å². The summed E-state index contributed by atoms with van der Waals surface area (Å²) < 4.78 is 22.3. The van der Waals surface area contributed by atoms with Gasteiger partial charge in [-0.25, -0.2) is 0 Å². The van der Waals surface area contributed by atoms with Gasteiger partial charge in [0.1, 0.15) is 20.6 Å². The smallest absolute Gasteiger partial charge is 0.168 e. The van der Waals surface area contributed by atoms with E-state index in [0.717, 1.165) is 6.42 Å². The van der Waals surface area contributed by atoms with Gasteiger partial charge in [0.15, 0.2) is 11.5 Å². The van der Waals surface area contributed by atoms with Crippen LogP contribution in [0, 0.1) is 5.92 Å². The molecule has 0 bridgehead atoms. The standard InChI is InChI=1S/C14H25BO5/c1-4-10(7-16)8-19-13-12(18-6-3)11(9-17-5-2)20-14(13)15/h10,13-14,16H,4-9H2,1-3H3/t10?,13?,14-/m1/s1. The minimum absolute atomic E-state index is 0.0960. The van der Waals surface area contributed by atoms with E-state index >= 15 is 0 Å². The predicted molar refractivity (Wildman–Crippen MR) is 76.4 cm³/mol. The van der Waals surface area contributed by atoms with Gasteiger partial charge in [-0.3, -0.25) is 0 Å². The van der Waals surface area contributed by atoms with Crippen molar-refractivity contribution in [1.29, 1.82) is 0 Å². The highest BCUT2D eigenvalue weighted by molar-refractivity contribution is 6.12. The number of rotatable bonds is 10. The summed E-state index contributed by atoms with van der Waals surface area (Å²) in [6, 6.07) is -0.594. The minimum atomic E-state index is -0.594. The Balaban J connectivity index is 2.67. The van der Waals surface area contributed by atoms with Gasteiger partial charge in [-0.05, 0) is 20.3 Å². The number of ether oxygens (including phenoxy) is 4. The van der Waals surface area contributed by atoms with E-state index in [2.05, 4.69) is 0 Å². The summed E-state index contributed by atoms with van der Waals surface area (Å²) in [7, 11) is 5.94. The molecule has 1 heterocycles. The normalized spacial score (nSPS) is 23.8. The number of hydrogen-bond acceptors (Lipinski definition) is 5. The maximum absolute atomic E-state index is 9.20. The maximum atomic E-state index is 9.20. The van der Waals surface area contributed by atoms with E-state index in [9.17, 15) is 5.11 Å². The van der Waals surface area contributed by atoms with Crippen LogP contribution in [0.3, 0.4) is 0 Å². The second-order valence-corrected chi connectivity index (χ2v) is 4.65. The van der Waals surface area contributed by atoms with Crippen molar-refractivity contribution in [2.45, 2.75) is 39.3 Å². The molecule has 0 aromatic carbocycles. The van der Waals surface area contributed by atoms with Crippen LogP contribution in [0.5, 0.6) is 0 Å². The number of aliphatic hydroxyl groups is 1. The average Bonchev–Trinajstić information content (AvgIpc) is 2.74. The monoisotopic (exact) mass is 284 g/mol. The van der Waals surface area contributed by atoms with Crippen LogP contribution in [0.4, 0.5) is 0 Å². The molecule has 0 saturated carbocycles. The zero-order valence-corrected chi connectivity index (χ0v) is 12.6. The molecule has 20 heavy (non-hydrogen) atoms. The van der Waals surface area contributed by atoms with Crippen molar-refractivity contribution >= 4 is 7.85 Å². The Kier molecular flexibility index (Phi) is 8.03. The lowest BCUT2D eigenvalue weighted by Gasteiger charge is -2.21. The maximum Gasteiger partial charge on any atom is 0.168 e. The van der Waals surface area contributed by atoms with E-state index in [1.807, 2.05) is 20.8 Å². The Bertz CT molecular complexity index is 304. The topological polar surface area (TPSA) is 57.2 Å². The van der Waals surface area contributed by atoms with Crippen LogP contribution in [0.15, 0.2) is 11.5 Å². The SMILES string of the molecule is [B][C@@H]1OC(COCC)=C(OCC)C1OCC(CC)CO. The van der Waals surface area contributed by atoms with Crippen molar-refractivity contribution in [3.63, 3.8) is 0 Å². The van der Waals surface area contributed by atoms with Crippen LogP contribution in [-0.4, -0.2) is 58.1 Å². The van der Waals surface area contributed by atoms with Crippen molar-refractivity contribution in [3.05, 3.63) is 11.5 Å². The molecule has 0 aromatic rings. The highest BCUT2D eigenvalue weighted by atomic mass is 16.6. The molecule has 6 heteroatoms. The second-order valence-electron chi connectivity index (χ2n) is 4.65. The Morgan fingerprint density at radius 1 is 1.30 bits per heavy atom. The van der Waals surface area contributed by atoms with E-state index in [4.69, 9.17) is 26.8 Å². The fourth-order valence-corrected chi connectivity index (χ4v) is 1.92. The molecule has 0 spiro atoms. The molecule has 5 nitrogen and oxygen atoms in total. The van der Waals surface area contributed by atoms with Crippen LogP contribution >= 0.6 is 0 Å². The van der Waals surface area contributed by atoms with Gasteiger partial charge in [-0.15, -0.1) is 0 Å². The van der Waals surface area contributed by atoms with E-state index < -0.39 is 12.1 Å². The molecule has 0 aliphatic carbocycles. The zero-order valence-electron chi connectivity index (χ0n) is 12.6. The fraction of sp³-hybridized carbons (Fsp3) is 0.857. The first kappa shape index (κ1) is 17.3. The van der Waals surface area contributed by atoms with Gasteiger partial charge in [-0.2, -0.15) is 0 Å². The van der Waals surface area contributed by atoms with Crippen LogP contribution in [0.1, 0.15) is 27.2 Å². The Hall–Kier alpha value is -0.715. The summed E-state index contributed by atoms with van der Waals surface area (Å²) in [6.45, 7) is 7.77. The van der Waals surface area contributed by atoms with Gasteiger partial charge in [0.05, 0.1) is 19.2 Å². The Morgan fingerprint density at radius 3 is 2.60 bits per heavy atom. The molecule has 2 unspecified atom stereocenters. The predicted octanol–water partition coefficient (Wildman–Crippen LogP) is 1.20. The highest BCUT2D eigenvalue weighted by Gasteiger charge is 2.36. The quantitative estimate of drug-likeness (QED) is 0.611. The van der Waals surface area contributed by atoms with Crippen molar-refractivity contribution in [2.75, 3.05) is 33.0 Å². The van der Waals surface area contributed by atoms with Gasteiger partial charge in [-0.1, -0.05) is 6.92 Å². The Morgan fingerprint density at radius 2 is 2.05 bits per heavy atom. The molecular weight excluding hydrogens is 259 g/mol. The molecule has 0 saturated heterocycles. The lowest BCUT2D eigenvalue weighted by Crippen LogP contribution is -2.31. The minimum Gasteiger partial charge on any atom is -0.496 e. The van der Waals surface area contributed by atoms with Crippen molar-refractivity contribution in [1.82, 2.24) is 0 Å². The first-order valence-electron chi connectivity index (χ1n) is 7.26. The molecule has 114 valence electrons. The van der Waals surface area contributed by atoms with Gasteiger partial charge >= 0.3 is 0 Å². The van der Waals surface area contributed by atoms with E-state index in [-0.39, 0.29) is 12.5 Å². The first-order chi connectivity index (χ1) is 9.67. The van der Waals surface area contributed by atoms with Crippen molar-refractivity contribution in [3.8, 4) is 0 Å². The lowest BCUT2D eigenvalue weighted by molar-refractivity contribution is -0.0185. The summed E-state index contributed by atoms with van der Waals surface area (Å²) in [5.74, 6) is 1.31. The molecular formula is C14H25BO5. The average molecular weight is 284 g/mol. The Labute approximate surface area is 122 Å². The highest BCUT2D eigenvalue weighted by Crippen LogP contribution is 2.28. The summed E-state index contributed by atoms with van der Waals surface area (Å²) in [4.78, 5) is 0. The van der Waals surface area contributed by atoms with Crippen LogP contribution in [-0.2, 0) is 18.9 Å². The molecule has 3 atom stereocenters. The summed E-state index contributed by atoms with van der Waals surface area (Å²) >= 11 is 0. The number of aliphatic hydroxyl groups excluding tert-OH is 1. The molecule has 1 N–H and O–H groups in total. The van der Waals surface area contributed by atoms with Gasteiger partial charge in [0, 0.05) is 19.1 Å². The second kappa shape index (κ2) is 9.26. The first-order valence-corrected chi connectivity index (χ1v) is 7.26. The van der Waals surface area contributed by atoms with Crippen LogP contribution < -0.4 is 0 Å². The molecule has 1 rings (SSSR count). The summed E-state index contributed by atoms with van der Waals surface area (Å²) in [5, 5.41) is 9.20. The zero-order chi connectivity index (χ0) is 15.0. The fourth-order valence-electron chi connectivity index (χ4n) is 1.92. The third-order valence-corrected chi connectivity index (χ3v) is 3.19. The third kappa shape index (κ3) is 4.68. The van der Waals surface area contributed by atoms with Gasteiger partial charge < -0.3 is 24.1 Å². The number of hydrogen-bond donors (Lipinski definition) is 1. The van der Waals surface area contributed by atoms with Crippen LogP contribution in [0.2, 0.25) is 0 Å². The summed E-state index contributed by atoms with van der Waals surface area (Å²) in [5.41, 5.74) is 0. The lowest BCUT2D eigenvalue weighted by atomic mass is 9.94. The molecule has 1 aliphatic heterocycles. The largest absolute Gasteiger partial charge is 0.496 e.